The summed E-state index contributed by atoms with van der Waals surface area (Å²) in [4.78, 5) is 2.37. The van der Waals surface area contributed by atoms with Crippen LogP contribution in [0.5, 0.6) is 0 Å². The number of halogens is 1. The van der Waals surface area contributed by atoms with Gasteiger partial charge in [-0.15, -0.1) is 0 Å². The van der Waals surface area contributed by atoms with E-state index in [-0.39, 0.29) is 5.82 Å². The number of nitrogens with zero attached hydrogens (tertiary/aromatic N) is 1. The Bertz CT molecular complexity index is 434. The van der Waals surface area contributed by atoms with Crippen LogP contribution in [0.1, 0.15) is 25.3 Å². The molecular formula is C16H25FN2O. The zero-order chi connectivity index (χ0) is 14.5. The number of hydrogen-bond donors (Lipinski definition) is 1. The summed E-state index contributed by atoms with van der Waals surface area (Å²) in [7, 11) is 3.61. The van der Waals surface area contributed by atoms with Gasteiger partial charge in [0.2, 0.25) is 0 Å². The fourth-order valence-corrected chi connectivity index (χ4v) is 2.73. The van der Waals surface area contributed by atoms with Crippen LogP contribution in [0.3, 0.4) is 0 Å². The van der Waals surface area contributed by atoms with E-state index >= 15 is 0 Å². The van der Waals surface area contributed by atoms with E-state index in [1.165, 1.54) is 12.8 Å². The second-order valence-corrected chi connectivity index (χ2v) is 5.57. The number of benzene rings is 1. The number of methoxy groups -OCH3 is 1. The minimum atomic E-state index is -0.176. The minimum Gasteiger partial charge on any atom is -0.383 e. The Morgan fingerprint density at radius 3 is 2.80 bits per heavy atom. The standard InChI is InChI=1S/C16H25FN2O/c1-12(13-4-5-13)19(8-9-20-3)16-7-6-15(17)10-14(16)11-18-2/h6-7,10,12-13,18H,4-5,8-9,11H2,1-3H3. The van der Waals surface area contributed by atoms with Gasteiger partial charge >= 0.3 is 0 Å². The molecule has 0 heterocycles. The zero-order valence-electron chi connectivity index (χ0n) is 12.7. The molecule has 1 aromatic rings. The summed E-state index contributed by atoms with van der Waals surface area (Å²) >= 11 is 0. The molecule has 1 saturated carbocycles. The highest BCUT2D eigenvalue weighted by molar-refractivity contribution is 5.55. The van der Waals surface area contributed by atoms with Crippen LogP contribution in [0.25, 0.3) is 0 Å². The molecule has 0 aromatic heterocycles. The molecule has 0 aliphatic heterocycles. The van der Waals surface area contributed by atoms with Crippen molar-refractivity contribution in [2.24, 2.45) is 5.92 Å². The third kappa shape index (κ3) is 3.70. The van der Waals surface area contributed by atoms with E-state index in [9.17, 15) is 4.39 Å². The molecule has 0 spiro atoms. The Morgan fingerprint density at radius 2 is 2.20 bits per heavy atom. The molecule has 112 valence electrons. The van der Waals surface area contributed by atoms with Crippen molar-refractivity contribution in [3.63, 3.8) is 0 Å². The van der Waals surface area contributed by atoms with Crippen LogP contribution in [-0.2, 0) is 11.3 Å². The number of hydrogen-bond acceptors (Lipinski definition) is 3. The van der Waals surface area contributed by atoms with Gasteiger partial charge in [0.25, 0.3) is 0 Å². The third-order valence-electron chi connectivity index (χ3n) is 4.05. The van der Waals surface area contributed by atoms with Gasteiger partial charge in [0, 0.05) is 31.9 Å². The quantitative estimate of drug-likeness (QED) is 0.792. The largest absolute Gasteiger partial charge is 0.383 e. The SMILES string of the molecule is CNCc1cc(F)ccc1N(CCOC)C(C)C1CC1. The van der Waals surface area contributed by atoms with Crippen molar-refractivity contribution in [2.75, 3.05) is 32.2 Å². The first kappa shape index (κ1) is 15.3. The van der Waals surface area contributed by atoms with Gasteiger partial charge < -0.3 is 15.0 Å². The van der Waals surface area contributed by atoms with Crippen LogP contribution < -0.4 is 10.2 Å². The molecular weight excluding hydrogens is 255 g/mol. The van der Waals surface area contributed by atoms with Gasteiger partial charge in [0.1, 0.15) is 5.82 Å². The molecule has 1 atom stereocenters. The highest BCUT2D eigenvalue weighted by atomic mass is 19.1. The predicted octanol–water partition coefficient (Wildman–Crippen LogP) is 2.80. The Morgan fingerprint density at radius 1 is 1.45 bits per heavy atom. The summed E-state index contributed by atoms with van der Waals surface area (Å²) in [6.07, 6.45) is 2.60. The topological polar surface area (TPSA) is 24.5 Å². The van der Waals surface area contributed by atoms with Gasteiger partial charge in [-0.1, -0.05) is 0 Å². The fourth-order valence-electron chi connectivity index (χ4n) is 2.73. The lowest BCUT2D eigenvalue weighted by Gasteiger charge is -2.33. The third-order valence-corrected chi connectivity index (χ3v) is 4.05. The summed E-state index contributed by atoms with van der Waals surface area (Å²) in [5.74, 6) is 0.587. The van der Waals surface area contributed by atoms with Gasteiger partial charge in [-0.25, -0.2) is 4.39 Å². The van der Waals surface area contributed by atoms with Gasteiger partial charge in [0.15, 0.2) is 0 Å². The van der Waals surface area contributed by atoms with Crippen LogP contribution in [-0.4, -0.2) is 33.4 Å². The maximum atomic E-state index is 13.5. The van der Waals surface area contributed by atoms with Crippen molar-refractivity contribution in [3.05, 3.63) is 29.6 Å². The minimum absolute atomic E-state index is 0.176. The second-order valence-electron chi connectivity index (χ2n) is 5.57. The van der Waals surface area contributed by atoms with Crippen LogP contribution in [0, 0.1) is 11.7 Å². The van der Waals surface area contributed by atoms with Crippen LogP contribution in [0.2, 0.25) is 0 Å². The van der Waals surface area contributed by atoms with Crippen molar-refractivity contribution in [1.82, 2.24) is 5.32 Å². The molecule has 0 saturated heterocycles. The normalized spacial score (nSPS) is 16.2. The van der Waals surface area contributed by atoms with Crippen molar-refractivity contribution in [3.8, 4) is 0 Å². The Kier molecular flexibility index (Phi) is 5.38. The van der Waals surface area contributed by atoms with Gasteiger partial charge in [-0.3, -0.25) is 0 Å². The lowest BCUT2D eigenvalue weighted by molar-refractivity contribution is 0.202. The second kappa shape index (κ2) is 7.04. The molecule has 1 unspecified atom stereocenters. The number of rotatable bonds is 8. The van der Waals surface area contributed by atoms with Gasteiger partial charge in [0.05, 0.1) is 6.61 Å². The summed E-state index contributed by atoms with van der Waals surface area (Å²) in [6.45, 7) is 4.47. The van der Waals surface area contributed by atoms with E-state index in [0.29, 0.717) is 19.2 Å². The summed E-state index contributed by atoms with van der Waals surface area (Å²) in [6, 6.07) is 5.56. The van der Waals surface area contributed by atoms with Gasteiger partial charge in [-0.2, -0.15) is 0 Å². The first-order valence-electron chi connectivity index (χ1n) is 7.36. The fraction of sp³-hybridized carbons (Fsp3) is 0.625. The number of anilines is 1. The Labute approximate surface area is 121 Å². The molecule has 1 fully saturated rings. The molecule has 1 aromatic carbocycles. The molecule has 2 rings (SSSR count). The summed E-state index contributed by atoms with van der Waals surface area (Å²) < 4.78 is 18.7. The number of nitrogens with one attached hydrogen (secondary N) is 1. The van der Waals surface area contributed by atoms with E-state index in [1.807, 2.05) is 13.1 Å². The molecule has 1 aliphatic carbocycles. The predicted molar refractivity (Wildman–Crippen MR) is 80.6 cm³/mol. The highest BCUT2D eigenvalue weighted by Crippen LogP contribution is 2.37. The maximum Gasteiger partial charge on any atom is 0.123 e. The molecule has 3 nitrogen and oxygen atoms in total. The van der Waals surface area contributed by atoms with Crippen LogP contribution in [0.4, 0.5) is 10.1 Å². The summed E-state index contributed by atoms with van der Waals surface area (Å²) in [5, 5.41) is 3.12. The lowest BCUT2D eigenvalue weighted by Crippen LogP contribution is -2.38. The highest BCUT2D eigenvalue weighted by Gasteiger charge is 2.32. The van der Waals surface area contributed by atoms with Crippen molar-refractivity contribution in [2.45, 2.75) is 32.4 Å². The number of ether oxygens (including phenoxy) is 1. The van der Waals surface area contributed by atoms with E-state index in [0.717, 1.165) is 23.7 Å². The molecule has 0 radical (unpaired) electrons. The average Bonchev–Trinajstić information content (AvgIpc) is 3.25. The smallest absolute Gasteiger partial charge is 0.123 e. The lowest BCUT2D eigenvalue weighted by atomic mass is 10.1. The Hall–Kier alpha value is -1.13. The van der Waals surface area contributed by atoms with E-state index in [4.69, 9.17) is 4.74 Å². The first-order valence-corrected chi connectivity index (χ1v) is 7.36. The molecule has 4 heteroatoms. The molecule has 0 bridgehead atoms. The molecule has 1 aliphatic rings. The summed E-state index contributed by atoms with van der Waals surface area (Å²) in [5.41, 5.74) is 2.13. The van der Waals surface area contributed by atoms with Crippen molar-refractivity contribution < 1.29 is 9.13 Å². The van der Waals surface area contributed by atoms with E-state index in [1.54, 1.807) is 19.2 Å². The van der Waals surface area contributed by atoms with Crippen LogP contribution in [0.15, 0.2) is 18.2 Å². The van der Waals surface area contributed by atoms with Crippen LogP contribution >= 0.6 is 0 Å². The van der Waals surface area contributed by atoms with Crippen molar-refractivity contribution in [1.29, 1.82) is 0 Å². The Balaban J connectivity index is 2.25. The van der Waals surface area contributed by atoms with E-state index < -0.39 is 0 Å². The first-order chi connectivity index (χ1) is 9.67. The molecule has 1 N–H and O–H groups in total. The maximum absolute atomic E-state index is 13.5. The monoisotopic (exact) mass is 280 g/mol. The average molecular weight is 280 g/mol. The molecule has 0 amide bonds. The van der Waals surface area contributed by atoms with E-state index in [2.05, 4.69) is 17.1 Å². The molecule has 20 heavy (non-hydrogen) atoms. The zero-order valence-corrected chi connectivity index (χ0v) is 12.7. The van der Waals surface area contributed by atoms with Crippen molar-refractivity contribution >= 4 is 5.69 Å². The van der Waals surface area contributed by atoms with Gasteiger partial charge in [-0.05, 0) is 56.5 Å².